The van der Waals surface area contributed by atoms with E-state index in [-0.39, 0.29) is 17.4 Å². The minimum absolute atomic E-state index is 0.00759. The normalized spacial score (nSPS) is 12.0. The van der Waals surface area contributed by atoms with E-state index in [4.69, 9.17) is 5.84 Å². The molecule has 0 bridgehead atoms. The van der Waals surface area contributed by atoms with E-state index in [1.807, 2.05) is 13.2 Å². The third-order valence-electron chi connectivity index (χ3n) is 2.40. The maximum absolute atomic E-state index is 13.8. The highest BCUT2D eigenvalue weighted by atomic mass is 32.2. The van der Waals surface area contributed by atoms with E-state index >= 15 is 0 Å². The summed E-state index contributed by atoms with van der Waals surface area (Å²) in [5, 5.41) is 2.73. The summed E-state index contributed by atoms with van der Waals surface area (Å²) >= 11 is 1.70. The third-order valence-corrected chi connectivity index (χ3v) is 3.05. The molecule has 1 heterocycles. The zero-order chi connectivity index (χ0) is 13.5. The van der Waals surface area contributed by atoms with Gasteiger partial charge in [0.15, 0.2) is 11.6 Å². The van der Waals surface area contributed by atoms with Gasteiger partial charge in [0.1, 0.15) is 0 Å². The van der Waals surface area contributed by atoms with E-state index in [0.29, 0.717) is 0 Å². The van der Waals surface area contributed by atoms with Crippen LogP contribution in [0.4, 0.5) is 10.2 Å². The van der Waals surface area contributed by atoms with Gasteiger partial charge in [-0.15, -0.1) is 0 Å². The molecule has 1 unspecified atom stereocenters. The van der Waals surface area contributed by atoms with Crippen LogP contribution in [0, 0.1) is 5.82 Å². The zero-order valence-electron chi connectivity index (χ0n) is 10.4. The molecular weight excluding hydrogens is 255 g/mol. The second-order valence-electron chi connectivity index (χ2n) is 3.82. The molecule has 0 fully saturated rings. The number of nitrogens with zero attached hydrogens (tertiary/aromatic N) is 1. The van der Waals surface area contributed by atoms with E-state index in [9.17, 15) is 9.18 Å². The average molecular weight is 272 g/mol. The van der Waals surface area contributed by atoms with Crippen LogP contribution in [0.5, 0.6) is 0 Å². The fourth-order valence-corrected chi connectivity index (χ4v) is 1.98. The molecule has 0 aliphatic carbocycles. The average Bonchev–Trinajstić information content (AvgIpc) is 2.36. The van der Waals surface area contributed by atoms with Gasteiger partial charge in [-0.1, -0.05) is 0 Å². The molecule has 0 aliphatic rings. The van der Waals surface area contributed by atoms with Crippen molar-refractivity contribution in [2.24, 2.45) is 5.84 Å². The van der Waals surface area contributed by atoms with Crippen molar-refractivity contribution in [1.29, 1.82) is 0 Å². The number of amides is 1. The van der Waals surface area contributed by atoms with Crippen molar-refractivity contribution < 1.29 is 9.18 Å². The minimum atomic E-state index is -0.741. The fourth-order valence-electron chi connectivity index (χ4n) is 1.39. The number of thioether (sulfide) groups is 1. The number of pyridine rings is 1. The molecule has 0 aromatic carbocycles. The van der Waals surface area contributed by atoms with Gasteiger partial charge in [0.2, 0.25) is 0 Å². The van der Waals surface area contributed by atoms with Gasteiger partial charge in [0, 0.05) is 12.2 Å². The molecule has 7 heteroatoms. The first kappa shape index (κ1) is 14.7. The number of halogens is 1. The molecule has 0 aliphatic heterocycles. The van der Waals surface area contributed by atoms with Crippen LogP contribution in [0.1, 0.15) is 23.7 Å². The van der Waals surface area contributed by atoms with Crippen LogP contribution in [0.3, 0.4) is 0 Å². The summed E-state index contributed by atoms with van der Waals surface area (Å²) in [6, 6.07) is 1.32. The third kappa shape index (κ3) is 3.85. The van der Waals surface area contributed by atoms with Crippen LogP contribution in [-0.4, -0.2) is 28.9 Å². The number of aromatic nitrogens is 1. The van der Waals surface area contributed by atoms with Crippen LogP contribution in [0.2, 0.25) is 0 Å². The van der Waals surface area contributed by atoms with Gasteiger partial charge in [0.25, 0.3) is 5.91 Å². The Labute approximate surface area is 110 Å². The molecule has 0 saturated carbocycles. The number of carbonyl (C=O) groups excluding carboxylic acids is 1. The summed E-state index contributed by atoms with van der Waals surface area (Å²) in [7, 11) is 0. The van der Waals surface area contributed by atoms with Crippen molar-refractivity contribution >= 4 is 23.5 Å². The molecule has 1 aromatic rings. The topological polar surface area (TPSA) is 80.0 Å². The lowest BCUT2D eigenvalue weighted by Crippen LogP contribution is -2.33. The van der Waals surface area contributed by atoms with Gasteiger partial charge in [-0.3, -0.25) is 4.79 Å². The maximum atomic E-state index is 13.8. The largest absolute Gasteiger partial charge is 0.349 e. The highest BCUT2D eigenvalue weighted by Gasteiger charge is 2.17. The molecule has 100 valence electrons. The van der Waals surface area contributed by atoms with Crippen LogP contribution >= 0.6 is 11.8 Å². The number of carbonyl (C=O) groups is 1. The second kappa shape index (κ2) is 7.17. The molecular formula is C11H17FN4OS. The first-order valence-corrected chi connectivity index (χ1v) is 6.90. The first-order valence-electron chi connectivity index (χ1n) is 5.51. The zero-order valence-corrected chi connectivity index (χ0v) is 11.2. The van der Waals surface area contributed by atoms with Crippen LogP contribution < -0.4 is 16.6 Å². The first-order chi connectivity index (χ1) is 8.60. The number of hydrazine groups is 1. The van der Waals surface area contributed by atoms with Gasteiger partial charge >= 0.3 is 0 Å². The van der Waals surface area contributed by atoms with Crippen molar-refractivity contribution in [2.75, 3.05) is 17.4 Å². The summed E-state index contributed by atoms with van der Waals surface area (Å²) in [5.41, 5.74) is 2.05. The van der Waals surface area contributed by atoms with Gasteiger partial charge in [-0.2, -0.15) is 11.8 Å². The van der Waals surface area contributed by atoms with Gasteiger partial charge in [0.05, 0.1) is 5.56 Å². The van der Waals surface area contributed by atoms with E-state index in [1.165, 1.54) is 12.3 Å². The predicted molar refractivity (Wildman–Crippen MR) is 71.9 cm³/mol. The molecule has 1 rings (SSSR count). The molecule has 4 N–H and O–H groups in total. The van der Waals surface area contributed by atoms with Crippen molar-refractivity contribution in [3.05, 3.63) is 23.6 Å². The quantitative estimate of drug-likeness (QED) is 0.538. The Morgan fingerprint density at radius 2 is 2.39 bits per heavy atom. The minimum Gasteiger partial charge on any atom is -0.349 e. The summed E-state index contributed by atoms with van der Waals surface area (Å²) in [4.78, 5) is 15.5. The number of nitrogen functional groups attached to an aromatic ring is 1. The number of hydrogen-bond donors (Lipinski definition) is 3. The van der Waals surface area contributed by atoms with E-state index in [1.54, 1.807) is 11.8 Å². The lowest BCUT2D eigenvalue weighted by molar-refractivity contribution is 0.0935. The standard InChI is InChI=1S/C11H17FN4OS/c1-7(4-6-18-2)15-11(17)8-3-5-14-10(16-13)9(8)12/h3,5,7H,4,6,13H2,1-2H3,(H,14,16)(H,15,17). The van der Waals surface area contributed by atoms with E-state index < -0.39 is 11.7 Å². The summed E-state index contributed by atoms with van der Waals surface area (Å²) < 4.78 is 13.8. The van der Waals surface area contributed by atoms with Crippen LogP contribution in [0.25, 0.3) is 0 Å². The smallest absolute Gasteiger partial charge is 0.254 e. The predicted octanol–water partition coefficient (Wildman–Crippen LogP) is 1.38. The molecule has 0 saturated heterocycles. The van der Waals surface area contributed by atoms with Crippen molar-refractivity contribution in [2.45, 2.75) is 19.4 Å². The number of nitrogens with one attached hydrogen (secondary N) is 2. The Hall–Kier alpha value is -1.34. The Bertz CT molecular complexity index is 416. The van der Waals surface area contributed by atoms with Crippen LogP contribution in [-0.2, 0) is 0 Å². The van der Waals surface area contributed by atoms with Gasteiger partial charge < -0.3 is 10.7 Å². The number of hydrogen-bond acceptors (Lipinski definition) is 5. The fraction of sp³-hybridized carbons (Fsp3) is 0.455. The van der Waals surface area contributed by atoms with Crippen molar-refractivity contribution in [3.63, 3.8) is 0 Å². The Balaban J connectivity index is 2.72. The molecule has 0 spiro atoms. The van der Waals surface area contributed by atoms with Gasteiger partial charge in [-0.25, -0.2) is 15.2 Å². The molecule has 1 atom stereocenters. The summed E-state index contributed by atoms with van der Waals surface area (Å²) in [6.45, 7) is 1.88. The highest BCUT2D eigenvalue weighted by Crippen LogP contribution is 2.14. The summed E-state index contributed by atoms with van der Waals surface area (Å²) in [6.07, 6.45) is 4.16. The molecule has 18 heavy (non-hydrogen) atoms. The Morgan fingerprint density at radius 1 is 1.67 bits per heavy atom. The molecule has 1 aromatic heterocycles. The number of anilines is 1. The summed E-state index contributed by atoms with van der Waals surface area (Å²) in [5.74, 6) is 4.70. The van der Waals surface area contributed by atoms with E-state index in [2.05, 4.69) is 15.7 Å². The number of rotatable bonds is 6. The second-order valence-corrected chi connectivity index (χ2v) is 4.81. The Kier molecular flexibility index (Phi) is 5.87. The van der Waals surface area contributed by atoms with E-state index in [0.717, 1.165) is 12.2 Å². The van der Waals surface area contributed by atoms with Crippen LogP contribution in [0.15, 0.2) is 12.3 Å². The molecule has 0 radical (unpaired) electrons. The Morgan fingerprint density at radius 3 is 3.00 bits per heavy atom. The maximum Gasteiger partial charge on any atom is 0.254 e. The highest BCUT2D eigenvalue weighted by molar-refractivity contribution is 7.98. The SMILES string of the molecule is CSCCC(C)NC(=O)c1ccnc(NN)c1F. The monoisotopic (exact) mass is 272 g/mol. The lowest BCUT2D eigenvalue weighted by atomic mass is 10.2. The lowest BCUT2D eigenvalue weighted by Gasteiger charge is -2.14. The molecule has 5 nitrogen and oxygen atoms in total. The van der Waals surface area contributed by atoms with Gasteiger partial charge in [-0.05, 0) is 31.4 Å². The van der Waals surface area contributed by atoms with Crippen molar-refractivity contribution in [1.82, 2.24) is 10.3 Å². The number of nitrogens with two attached hydrogens (primary N) is 1. The van der Waals surface area contributed by atoms with Crippen molar-refractivity contribution in [3.8, 4) is 0 Å². The molecule has 1 amide bonds.